The third-order valence-corrected chi connectivity index (χ3v) is 6.45. The van der Waals surface area contributed by atoms with Gasteiger partial charge in [0.25, 0.3) is 0 Å². The van der Waals surface area contributed by atoms with E-state index in [0.717, 1.165) is 50.0 Å². The van der Waals surface area contributed by atoms with Crippen molar-refractivity contribution >= 4 is 12.0 Å². The van der Waals surface area contributed by atoms with Crippen molar-refractivity contribution in [3.05, 3.63) is 71.8 Å². The summed E-state index contributed by atoms with van der Waals surface area (Å²) >= 11 is 0. The number of benzene rings is 2. The maximum atomic E-state index is 12.3. The van der Waals surface area contributed by atoms with Gasteiger partial charge in [0.05, 0.1) is 7.11 Å². The summed E-state index contributed by atoms with van der Waals surface area (Å²) in [7, 11) is 1.71. The molecule has 158 valence electrons. The molecule has 1 amide bonds. The van der Waals surface area contributed by atoms with Crippen LogP contribution in [0.3, 0.4) is 0 Å². The molecule has 4 rings (SSSR count). The number of carbonyl (C=O) groups is 1. The maximum absolute atomic E-state index is 12.3. The molecule has 2 heterocycles. The number of nitrogens with one attached hydrogen (secondary N) is 1. The summed E-state index contributed by atoms with van der Waals surface area (Å²) in [6.07, 6.45) is 10.4. The molecule has 2 aromatic carbocycles. The lowest BCUT2D eigenvalue weighted by molar-refractivity contribution is -0.122. The predicted molar refractivity (Wildman–Crippen MR) is 121 cm³/mol. The van der Waals surface area contributed by atoms with Crippen molar-refractivity contribution < 1.29 is 9.53 Å². The van der Waals surface area contributed by atoms with Gasteiger partial charge in [-0.15, -0.1) is 0 Å². The molecule has 0 bridgehead atoms. The Morgan fingerprint density at radius 1 is 1.10 bits per heavy atom. The fourth-order valence-electron chi connectivity index (χ4n) is 5.00. The lowest BCUT2D eigenvalue weighted by Crippen LogP contribution is -2.46. The van der Waals surface area contributed by atoms with E-state index in [4.69, 9.17) is 4.74 Å². The fourth-order valence-corrected chi connectivity index (χ4v) is 5.00. The van der Waals surface area contributed by atoms with Crippen molar-refractivity contribution in [2.45, 2.75) is 56.7 Å². The van der Waals surface area contributed by atoms with Crippen LogP contribution in [0.1, 0.15) is 43.2 Å². The number of para-hydroxylation sites is 1. The second kappa shape index (κ2) is 9.94. The Morgan fingerprint density at radius 3 is 2.73 bits per heavy atom. The highest BCUT2D eigenvalue weighted by Crippen LogP contribution is 2.32. The van der Waals surface area contributed by atoms with E-state index in [0.29, 0.717) is 18.5 Å². The van der Waals surface area contributed by atoms with Crippen molar-refractivity contribution in [1.82, 2.24) is 10.2 Å². The molecule has 2 saturated heterocycles. The molecule has 2 aliphatic heterocycles. The van der Waals surface area contributed by atoms with E-state index in [9.17, 15) is 4.79 Å². The lowest BCUT2D eigenvalue weighted by Gasteiger charge is -2.32. The van der Waals surface area contributed by atoms with Crippen LogP contribution in [0.15, 0.2) is 60.7 Å². The Labute approximate surface area is 179 Å². The smallest absolute Gasteiger partial charge is 0.220 e. The topological polar surface area (TPSA) is 41.6 Å². The molecule has 0 unspecified atom stereocenters. The van der Waals surface area contributed by atoms with E-state index in [1.165, 1.54) is 5.56 Å². The van der Waals surface area contributed by atoms with Gasteiger partial charge in [0, 0.05) is 36.7 Å². The number of methoxy groups -OCH3 is 1. The van der Waals surface area contributed by atoms with Crippen LogP contribution < -0.4 is 10.1 Å². The molecule has 2 aliphatic rings. The predicted octanol–water partition coefficient (Wildman–Crippen LogP) is 4.45. The number of hydrogen-bond acceptors (Lipinski definition) is 3. The minimum atomic E-state index is 0.217. The summed E-state index contributed by atoms with van der Waals surface area (Å²) in [6.45, 7) is 0.882. The van der Waals surface area contributed by atoms with E-state index in [1.807, 2.05) is 18.2 Å². The number of amides is 1. The first-order chi connectivity index (χ1) is 14.7. The SMILES string of the molecule is COc1ccccc1/C=C/CN1[C@H](Cc2ccccc2)C[C@@H]2NC(=O)CCCC[C@H]21. The quantitative estimate of drug-likeness (QED) is 0.773. The first kappa shape index (κ1) is 20.7. The van der Waals surface area contributed by atoms with Crippen LogP contribution in [0.25, 0.3) is 6.08 Å². The Morgan fingerprint density at radius 2 is 1.90 bits per heavy atom. The van der Waals surface area contributed by atoms with Gasteiger partial charge in [-0.3, -0.25) is 9.69 Å². The molecular formula is C26H32N2O2. The molecule has 0 aliphatic carbocycles. The second-order valence-electron chi connectivity index (χ2n) is 8.41. The monoisotopic (exact) mass is 404 g/mol. The summed E-state index contributed by atoms with van der Waals surface area (Å²) in [4.78, 5) is 14.9. The van der Waals surface area contributed by atoms with Crippen LogP contribution in [0, 0.1) is 0 Å². The zero-order valence-corrected chi connectivity index (χ0v) is 17.8. The lowest BCUT2D eigenvalue weighted by atomic mass is 9.97. The first-order valence-electron chi connectivity index (χ1n) is 11.1. The van der Waals surface area contributed by atoms with Crippen molar-refractivity contribution in [3.8, 4) is 5.75 Å². The Kier molecular flexibility index (Phi) is 6.85. The number of ether oxygens (including phenoxy) is 1. The minimum absolute atomic E-state index is 0.217. The number of hydrogen-bond donors (Lipinski definition) is 1. The van der Waals surface area contributed by atoms with E-state index >= 15 is 0 Å². The van der Waals surface area contributed by atoms with E-state index in [2.05, 4.69) is 58.8 Å². The highest BCUT2D eigenvalue weighted by atomic mass is 16.5. The van der Waals surface area contributed by atoms with Gasteiger partial charge in [0.2, 0.25) is 5.91 Å². The molecule has 0 spiro atoms. The molecule has 2 fully saturated rings. The average Bonchev–Trinajstić information content (AvgIpc) is 3.05. The van der Waals surface area contributed by atoms with E-state index in [-0.39, 0.29) is 11.9 Å². The van der Waals surface area contributed by atoms with Crippen LogP contribution in [0.5, 0.6) is 5.75 Å². The van der Waals surface area contributed by atoms with Gasteiger partial charge in [0.15, 0.2) is 0 Å². The first-order valence-corrected chi connectivity index (χ1v) is 11.1. The standard InChI is InChI=1S/C26H32N2O2/c1-30-25-15-7-5-12-21(25)13-9-17-28-22(18-20-10-3-2-4-11-20)19-23-24(28)14-6-8-16-26(29)27-23/h2-5,7,9-13,15,22-24H,6,8,14,16-19H2,1H3,(H,27,29)/b13-9+/t22-,23+,24-/m1/s1. The molecule has 4 heteroatoms. The van der Waals surface area contributed by atoms with Gasteiger partial charge in [-0.2, -0.15) is 0 Å². The van der Waals surface area contributed by atoms with Crippen LogP contribution in [-0.2, 0) is 11.2 Å². The molecular weight excluding hydrogens is 372 g/mol. The average molecular weight is 405 g/mol. The van der Waals surface area contributed by atoms with Crippen LogP contribution in [0.2, 0.25) is 0 Å². The van der Waals surface area contributed by atoms with Crippen molar-refractivity contribution in [3.63, 3.8) is 0 Å². The van der Waals surface area contributed by atoms with Gasteiger partial charge in [-0.1, -0.05) is 67.1 Å². The fraction of sp³-hybridized carbons (Fsp3) is 0.423. The Balaban J connectivity index is 1.53. The third kappa shape index (κ3) is 4.93. The summed E-state index contributed by atoms with van der Waals surface area (Å²) in [5, 5.41) is 3.33. The zero-order valence-electron chi connectivity index (χ0n) is 17.8. The Hall–Kier alpha value is -2.59. The maximum Gasteiger partial charge on any atom is 0.220 e. The third-order valence-electron chi connectivity index (χ3n) is 6.45. The largest absolute Gasteiger partial charge is 0.496 e. The van der Waals surface area contributed by atoms with E-state index < -0.39 is 0 Å². The molecule has 30 heavy (non-hydrogen) atoms. The van der Waals surface area contributed by atoms with E-state index in [1.54, 1.807) is 7.11 Å². The molecule has 0 aromatic heterocycles. The normalized spacial score (nSPS) is 24.8. The van der Waals surface area contributed by atoms with Crippen LogP contribution in [0.4, 0.5) is 0 Å². The summed E-state index contributed by atoms with van der Waals surface area (Å²) in [6, 6.07) is 19.9. The van der Waals surface area contributed by atoms with Gasteiger partial charge >= 0.3 is 0 Å². The molecule has 4 nitrogen and oxygen atoms in total. The summed E-state index contributed by atoms with van der Waals surface area (Å²) < 4.78 is 5.48. The van der Waals surface area contributed by atoms with Crippen LogP contribution in [-0.4, -0.2) is 42.6 Å². The molecule has 3 atom stereocenters. The van der Waals surface area contributed by atoms with Gasteiger partial charge < -0.3 is 10.1 Å². The molecule has 0 saturated carbocycles. The zero-order chi connectivity index (χ0) is 20.8. The summed E-state index contributed by atoms with van der Waals surface area (Å²) in [5.41, 5.74) is 2.46. The number of nitrogens with zero attached hydrogens (tertiary/aromatic N) is 1. The molecule has 0 radical (unpaired) electrons. The molecule has 2 aromatic rings. The number of carbonyl (C=O) groups excluding carboxylic acids is 1. The number of rotatable bonds is 6. The number of likely N-dealkylation sites (tertiary alicyclic amines) is 1. The van der Waals surface area contributed by atoms with Crippen molar-refractivity contribution in [2.75, 3.05) is 13.7 Å². The van der Waals surface area contributed by atoms with Crippen LogP contribution >= 0.6 is 0 Å². The van der Waals surface area contributed by atoms with Crippen molar-refractivity contribution in [2.24, 2.45) is 0 Å². The highest BCUT2D eigenvalue weighted by molar-refractivity contribution is 5.76. The highest BCUT2D eigenvalue weighted by Gasteiger charge is 2.41. The van der Waals surface area contributed by atoms with Gasteiger partial charge in [0.1, 0.15) is 5.75 Å². The number of fused-ring (bicyclic) bond motifs is 1. The Bertz CT molecular complexity index is 864. The van der Waals surface area contributed by atoms with Gasteiger partial charge in [-0.25, -0.2) is 0 Å². The minimum Gasteiger partial charge on any atom is -0.496 e. The molecule has 1 N–H and O–H groups in total. The second-order valence-corrected chi connectivity index (χ2v) is 8.41. The van der Waals surface area contributed by atoms with Gasteiger partial charge in [-0.05, 0) is 37.3 Å². The summed E-state index contributed by atoms with van der Waals surface area (Å²) in [5.74, 6) is 1.11. The van der Waals surface area contributed by atoms with Crippen molar-refractivity contribution in [1.29, 1.82) is 0 Å².